The molecule has 0 aliphatic carbocycles. The molecular weight excluding hydrogens is 631 g/mol. The average molecular weight is 654 g/mol. The van der Waals surface area contributed by atoms with Crippen LogP contribution >= 0.6 is 0 Å². The SMILES string of the molecule is [Ir].[c-]1cc(-c2ccccc2)ccc1-c1ccccn1.[c-]1ccc(-c2ccccc2)cc1-c1ncccn1. The van der Waals surface area contributed by atoms with E-state index in [1.165, 1.54) is 16.7 Å². The van der Waals surface area contributed by atoms with Crippen LogP contribution in [-0.2, 0) is 20.1 Å². The zero-order chi connectivity index (χ0) is 24.4. The van der Waals surface area contributed by atoms with E-state index < -0.39 is 0 Å². The van der Waals surface area contributed by atoms with Crippen LogP contribution in [0.25, 0.3) is 44.9 Å². The molecule has 0 amide bonds. The number of benzene rings is 4. The summed E-state index contributed by atoms with van der Waals surface area (Å²) in [6.07, 6.45) is 5.28. The second-order valence-electron chi connectivity index (χ2n) is 8.00. The van der Waals surface area contributed by atoms with Gasteiger partial charge in [0.2, 0.25) is 0 Å². The maximum absolute atomic E-state index is 4.32. The van der Waals surface area contributed by atoms with E-state index in [9.17, 15) is 0 Å². The fourth-order valence-corrected chi connectivity index (χ4v) is 3.76. The van der Waals surface area contributed by atoms with Crippen LogP contribution in [0.1, 0.15) is 0 Å². The van der Waals surface area contributed by atoms with Gasteiger partial charge in [0.1, 0.15) is 0 Å². The molecule has 1 radical (unpaired) electrons. The van der Waals surface area contributed by atoms with Gasteiger partial charge in [-0.3, -0.25) is 9.97 Å². The first-order valence-electron chi connectivity index (χ1n) is 11.7. The van der Waals surface area contributed by atoms with Crippen LogP contribution in [0.4, 0.5) is 0 Å². The second kappa shape index (κ2) is 13.2. The Morgan fingerprint density at radius 3 is 1.73 bits per heavy atom. The zero-order valence-electron chi connectivity index (χ0n) is 20.0. The van der Waals surface area contributed by atoms with E-state index in [0.717, 1.165) is 22.4 Å². The molecule has 3 nitrogen and oxygen atoms in total. The largest absolute Gasteiger partial charge is 0.305 e. The zero-order valence-corrected chi connectivity index (χ0v) is 22.3. The van der Waals surface area contributed by atoms with Gasteiger partial charge in [-0.15, -0.1) is 65.2 Å². The molecule has 0 atom stereocenters. The predicted molar refractivity (Wildman–Crippen MR) is 146 cm³/mol. The Labute approximate surface area is 231 Å². The van der Waals surface area contributed by atoms with Crippen molar-refractivity contribution in [3.8, 4) is 44.9 Å². The first kappa shape index (κ1) is 25.8. The van der Waals surface area contributed by atoms with Crippen LogP contribution in [0, 0.1) is 12.1 Å². The summed E-state index contributed by atoms with van der Waals surface area (Å²) in [7, 11) is 0. The molecule has 4 heteroatoms. The topological polar surface area (TPSA) is 38.7 Å². The minimum atomic E-state index is 0. The summed E-state index contributed by atoms with van der Waals surface area (Å²) in [6.45, 7) is 0. The van der Waals surface area contributed by atoms with E-state index >= 15 is 0 Å². The van der Waals surface area contributed by atoms with Crippen LogP contribution in [0.3, 0.4) is 0 Å². The van der Waals surface area contributed by atoms with Crippen LogP contribution < -0.4 is 0 Å². The number of hydrogen-bond acceptors (Lipinski definition) is 3. The molecule has 181 valence electrons. The molecule has 0 aliphatic heterocycles. The quantitative estimate of drug-likeness (QED) is 0.182. The van der Waals surface area contributed by atoms with Crippen molar-refractivity contribution in [3.05, 3.63) is 152 Å². The number of hydrogen-bond donors (Lipinski definition) is 0. The summed E-state index contributed by atoms with van der Waals surface area (Å²) in [5, 5.41) is 0. The van der Waals surface area contributed by atoms with E-state index in [-0.39, 0.29) is 20.1 Å². The van der Waals surface area contributed by atoms with Crippen molar-refractivity contribution >= 4 is 0 Å². The molecule has 0 N–H and O–H groups in total. The molecule has 6 rings (SSSR count). The van der Waals surface area contributed by atoms with E-state index in [2.05, 4.69) is 69.5 Å². The average Bonchev–Trinajstić information content (AvgIpc) is 2.99. The second-order valence-corrected chi connectivity index (χ2v) is 8.00. The Kier molecular flexibility index (Phi) is 9.20. The van der Waals surface area contributed by atoms with Gasteiger partial charge in [-0.25, -0.2) is 0 Å². The van der Waals surface area contributed by atoms with Gasteiger partial charge in [0.05, 0.1) is 5.82 Å². The Morgan fingerprint density at radius 1 is 0.459 bits per heavy atom. The Bertz CT molecular complexity index is 1380. The van der Waals surface area contributed by atoms with Crippen molar-refractivity contribution < 1.29 is 20.1 Å². The van der Waals surface area contributed by atoms with Gasteiger partial charge in [0.15, 0.2) is 0 Å². The summed E-state index contributed by atoms with van der Waals surface area (Å²) in [6, 6.07) is 46.9. The molecule has 6 aromatic rings. The smallest absolute Gasteiger partial charge is 0.0748 e. The normalized spacial score (nSPS) is 9.95. The summed E-state index contributed by atoms with van der Waals surface area (Å²) in [5.74, 6) is 0.704. The van der Waals surface area contributed by atoms with E-state index in [1.54, 1.807) is 18.6 Å². The number of pyridine rings is 1. The van der Waals surface area contributed by atoms with Crippen LogP contribution in [0.2, 0.25) is 0 Å². The third kappa shape index (κ3) is 6.92. The fourth-order valence-electron chi connectivity index (χ4n) is 3.76. The van der Waals surface area contributed by atoms with Crippen molar-refractivity contribution in [2.24, 2.45) is 0 Å². The molecule has 0 bridgehead atoms. The fraction of sp³-hybridized carbons (Fsp3) is 0. The maximum atomic E-state index is 4.32. The molecule has 37 heavy (non-hydrogen) atoms. The van der Waals surface area contributed by atoms with Crippen LogP contribution in [-0.4, -0.2) is 15.0 Å². The van der Waals surface area contributed by atoms with Gasteiger partial charge < -0.3 is 4.98 Å². The first-order valence-corrected chi connectivity index (χ1v) is 11.7. The van der Waals surface area contributed by atoms with Crippen LogP contribution in [0.5, 0.6) is 0 Å². The molecule has 0 aliphatic rings. The van der Waals surface area contributed by atoms with Gasteiger partial charge >= 0.3 is 0 Å². The van der Waals surface area contributed by atoms with Gasteiger partial charge in [-0.05, 0) is 23.4 Å². The molecule has 0 unspecified atom stereocenters. The third-order valence-electron chi connectivity index (χ3n) is 5.58. The number of nitrogens with zero attached hydrogens (tertiary/aromatic N) is 3. The predicted octanol–water partition coefficient (Wildman–Crippen LogP) is 7.82. The molecule has 2 heterocycles. The maximum Gasteiger partial charge on any atom is 0.0748 e. The summed E-state index contributed by atoms with van der Waals surface area (Å²) < 4.78 is 0. The molecule has 0 fully saturated rings. The molecule has 4 aromatic carbocycles. The van der Waals surface area contributed by atoms with E-state index in [4.69, 9.17) is 0 Å². The Morgan fingerprint density at radius 2 is 1.11 bits per heavy atom. The van der Waals surface area contributed by atoms with Crippen molar-refractivity contribution in [2.45, 2.75) is 0 Å². The van der Waals surface area contributed by atoms with Gasteiger partial charge in [-0.1, -0.05) is 83.9 Å². The minimum Gasteiger partial charge on any atom is -0.305 e. The summed E-state index contributed by atoms with van der Waals surface area (Å²) >= 11 is 0. The van der Waals surface area contributed by atoms with Crippen molar-refractivity contribution in [3.63, 3.8) is 0 Å². The van der Waals surface area contributed by atoms with Gasteiger partial charge in [-0.2, -0.15) is 0 Å². The van der Waals surface area contributed by atoms with Crippen molar-refractivity contribution in [1.29, 1.82) is 0 Å². The molecule has 0 saturated carbocycles. The number of rotatable bonds is 4. The van der Waals surface area contributed by atoms with E-state index in [1.807, 2.05) is 78.9 Å². The Hall–Kier alpha value is -4.24. The molecular formula is C33H23IrN3-2. The van der Waals surface area contributed by atoms with Gasteiger partial charge in [0, 0.05) is 38.7 Å². The van der Waals surface area contributed by atoms with Crippen molar-refractivity contribution in [2.75, 3.05) is 0 Å². The van der Waals surface area contributed by atoms with Crippen molar-refractivity contribution in [1.82, 2.24) is 15.0 Å². The minimum absolute atomic E-state index is 0. The third-order valence-corrected chi connectivity index (χ3v) is 5.58. The van der Waals surface area contributed by atoms with Gasteiger partial charge in [0.25, 0.3) is 0 Å². The Balaban J connectivity index is 0.000000168. The molecule has 0 spiro atoms. The summed E-state index contributed by atoms with van der Waals surface area (Å²) in [4.78, 5) is 12.8. The standard InChI is InChI=1S/C17H12N.C16H11N2.Ir/c1-2-6-14(7-3-1)15-9-11-16(12-10-15)17-8-4-5-13-18-17;1-2-6-13(7-3-1)14-8-4-9-15(12-14)16-17-10-5-11-18-16;/h1-11,13H;1-8,10-12H;/q2*-1;. The first-order chi connectivity index (χ1) is 17.9. The summed E-state index contributed by atoms with van der Waals surface area (Å²) in [5.41, 5.74) is 7.61. The molecule has 2 aromatic heterocycles. The van der Waals surface area contributed by atoms with Crippen LogP contribution in [0.15, 0.2) is 140 Å². The molecule has 0 saturated heterocycles. The number of aromatic nitrogens is 3. The van der Waals surface area contributed by atoms with E-state index in [0.29, 0.717) is 5.82 Å². The monoisotopic (exact) mass is 654 g/mol.